The molecule has 130 valence electrons. The number of ether oxygens (including phenoxy) is 1. The maximum Gasteiger partial charge on any atom is 0.407 e. The van der Waals surface area contributed by atoms with E-state index in [1.54, 1.807) is 0 Å². The van der Waals surface area contributed by atoms with Crippen LogP contribution in [0.25, 0.3) is 11.3 Å². The third-order valence-electron chi connectivity index (χ3n) is 3.37. The van der Waals surface area contributed by atoms with Crippen molar-refractivity contribution in [2.75, 3.05) is 6.54 Å². The molecule has 2 aromatic rings. The molecule has 0 radical (unpaired) electrons. The number of furan rings is 1. The third kappa shape index (κ3) is 5.74. The van der Waals surface area contributed by atoms with Gasteiger partial charge in [-0.1, -0.05) is 29.8 Å². The highest BCUT2D eigenvalue weighted by Crippen LogP contribution is 2.23. The van der Waals surface area contributed by atoms with Gasteiger partial charge in [0.05, 0.1) is 0 Å². The average molecular weight is 330 g/mol. The van der Waals surface area contributed by atoms with Crippen LogP contribution >= 0.6 is 0 Å². The highest BCUT2D eigenvalue weighted by Gasteiger charge is 2.17. The molecule has 5 nitrogen and oxygen atoms in total. The Morgan fingerprint density at radius 2 is 1.88 bits per heavy atom. The van der Waals surface area contributed by atoms with E-state index in [1.165, 1.54) is 5.56 Å². The van der Waals surface area contributed by atoms with Crippen LogP contribution in [0.4, 0.5) is 4.79 Å². The normalized spacial score (nSPS) is 12.7. The Morgan fingerprint density at radius 3 is 2.50 bits per heavy atom. The molecule has 1 unspecified atom stereocenters. The highest BCUT2D eigenvalue weighted by molar-refractivity contribution is 5.67. The predicted molar refractivity (Wildman–Crippen MR) is 94.8 cm³/mol. The molecular formula is C19H26N2O3. The van der Waals surface area contributed by atoms with E-state index >= 15 is 0 Å². The number of amides is 1. The van der Waals surface area contributed by atoms with Crippen molar-refractivity contribution in [2.45, 2.75) is 45.8 Å². The van der Waals surface area contributed by atoms with Crippen molar-refractivity contribution in [3.63, 3.8) is 0 Å². The minimum absolute atomic E-state index is 0.241. The van der Waals surface area contributed by atoms with E-state index in [1.807, 2.05) is 64.1 Å². The van der Waals surface area contributed by atoms with Crippen LogP contribution in [-0.4, -0.2) is 24.3 Å². The summed E-state index contributed by atoms with van der Waals surface area (Å²) in [5, 5.41) is 2.68. The summed E-state index contributed by atoms with van der Waals surface area (Å²) in [5.41, 5.74) is 7.78. The van der Waals surface area contributed by atoms with E-state index in [0.717, 1.165) is 17.1 Å². The molecule has 1 atom stereocenters. The molecule has 0 saturated carbocycles. The molecule has 2 rings (SSSR count). The zero-order valence-corrected chi connectivity index (χ0v) is 14.8. The maximum atomic E-state index is 11.6. The summed E-state index contributed by atoms with van der Waals surface area (Å²) < 4.78 is 11.0. The van der Waals surface area contributed by atoms with Gasteiger partial charge in [0.2, 0.25) is 0 Å². The summed E-state index contributed by atoms with van der Waals surface area (Å²) in [7, 11) is 0. The SMILES string of the molecule is Cc1ccc(-c2ccc(CC(N)CNC(=O)OC(C)(C)C)o2)cc1. The smallest absolute Gasteiger partial charge is 0.407 e. The van der Waals surface area contributed by atoms with Crippen molar-refractivity contribution in [2.24, 2.45) is 5.73 Å². The van der Waals surface area contributed by atoms with Gasteiger partial charge in [0.25, 0.3) is 0 Å². The summed E-state index contributed by atoms with van der Waals surface area (Å²) in [4.78, 5) is 11.6. The molecule has 0 spiro atoms. The quantitative estimate of drug-likeness (QED) is 0.877. The van der Waals surface area contributed by atoms with Crippen LogP contribution < -0.4 is 11.1 Å². The largest absolute Gasteiger partial charge is 0.461 e. The van der Waals surface area contributed by atoms with Crippen LogP contribution in [0.15, 0.2) is 40.8 Å². The minimum atomic E-state index is -0.516. The topological polar surface area (TPSA) is 77.5 Å². The highest BCUT2D eigenvalue weighted by atomic mass is 16.6. The Balaban J connectivity index is 1.85. The van der Waals surface area contributed by atoms with Crippen LogP contribution in [0, 0.1) is 6.92 Å². The fourth-order valence-electron chi connectivity index (χ4n) is 2.22. The first-order valence-corrected chi connectivity index (χ1v) is 8.11. The lowest BCUT2D eigenvalue weighted by Gasteiger charge is -2.20. The Kier molecular flexibility index (Phi) is 5.67. The second-order valence-electron chi connectivity index (χ2n) is 6.98. The molecule has 3 N–H and O–H groups in total. The molecule has 1 aromatic carbocycles. The van der Waals surface area contributed by atoms with Gasteiger partial charge in [0, 0.05) is 24.6 Å². The van der Waals surface area contributed by atoms with Crippen LogP contribution in [0.1, 0.15) is 32.1 Å². The molecule has 1 aromatic heterocycles. The number of benzene rings is 1. The first-order valence-electron chi connectivity index (χ1n) is 8.11. The van der Waals surface area contributed by atoms with Gasteiger partial charge in [-0.2, -0.15) is 0 Å². The maximum absolute atomic E-state index is 11.6. The number of hydrogen-bond donors (Lipinski definition) is 2. The van der Waals surface area contributed by atoms with E-state index in [2.05, 4.69) is 5.32 Å². The number of carbonyl (C=O) groups is 1. The van der Waals surface area contributed by atoms with Gasteiger partial charge in [0.15, 0.2) is 0 Å². The van der Waals surface area contributed by atoms with E-state index in [-0.39, 0.29) is 6.04 Å². The number of alkyl carbamates (subject to hydrolysis) is 1. The molecule has 5 heteroatoms. The lowest BCUT2D eigenvalue weighted by molar-refractivity contribution is 0.0524. The Hall–Kier alpha value is -2.27. The molecule has 0 fully saturated rings. The van der Waals surface area contributed by atoms with Crippen molar-refractivity contribution in [3.05, 3.63) is 47.7 Å². The fourth-order valence-corrected chi connectivity index (χ4v) is 2.22. The summed E-state index contributed by atoms with van der Waals surface area (Å²) >= 11 is 0. The van der Waals surface area contributed by atoms with Crippen molar-refractivity contribution < 1.29 is 13.9 Å². The van der Waals surface area contributed by atoms with Crippen LogP contribution in [-0.2, 0) is 11.2 Å². The summed E-state index contributed by atoms with van der Waals surface area (Å²) in [6.07, 6.45) is 0.0829. The van der Waals surface area contributed by atoms with Gasteiger partial charge in [-0.3, -0.25) is 0 Å². The summed E-state index contributed by atoms with van der Waals surface area (Å²) in [5.74, 6) is 1.61. The zero-order chi connectivity index (χ0) is 17.7. The Bertz CT molecular complexity index is 669. The molecule has 1 amide bonds. The van der Waals surface area contributed by atoms with Gasteiger partial charge in [-0.25, -0.2) is 4.79 Å². The van der Waals surface area contributed by atoms with Crippen molar-refractivity contribution in [3.8, 4) is 11.3 Å². The van der Waals surface area contributed by atoms with Crippen molar-refractivity contribution in [1.29, 1.82) is 0 Å². The molecular weight excluding hydrogens is 304 g/mol. The predicted octanol–water partition coefficient (Wildman–Crippen LogP) is 3.65. The van der Waals surface area contributed by atoms with Crippen LogP contribution in [0.2, 0.25) is 0 Å². The van der Waals surface area contributed by atoms with Gasteiger partial charge < -0.3 is 20.2 Å². The standard InChI is InChI=1S/C19H26N2O3/c1-13-5-7-14(8-6-13)17-10-9-16(23-17)11-15(20)12-21-18(22)24-19(2,3)4/h5-10,15H,11-12,20H2,1-4H3,(H,21,22). The van der Waals surface area contributed by atoms with Gasteiger partial charge in [-0.15, -0.1) is 0 Å². The lowest BCUT2D eigenvalue weighted by Crippen LogP contribution is -2.41. The lowest BCUT2D eigenvalue weighted by atomic mass is 10.1. The van der Waals surface area contributed by atoms with E-state index in [9.17, 15) is 4.79 Å². The molecule has 0 aliphatic carbocycles. The minimum Gasteiger partial charge on any atom is -0.461 e. The van der Waals surface area contributed by atoms with E-state index in [4.69, 9.17) is 14.9 Å². The van der Waals surface area contributed by atoms with Gasteiger partial charge in [0.1, 0.15) is 17.1 Å². The molecule has 24 heavy (non-hydrogen) atoms. The first-order chi connectivity index (χ1) is 11.2. The average Bonchev–Trinajstić information content (AvgIpc) is 2.92. The van der Waals surface area contributed by atoms with E-state index < -0.39 is 11.7 Å². The summed E-state index contributed by atoms with van der Waals surface area (Å²) in [6, 6.07) is 11.8. The number of nitrogens with one attached hydrogen (secondary N) is 1. The molecule has 0 aliphatic rings. The van der Waals surface area contributed by atoms with Crippen molar-refractivity contribution >= 4 is 6.09 Å². The second-order valence-corrected chi connectivity index (χ2v) is 6.98. The number of aryl methyl sites for hydroxylation is 1. The third-order valence-corrected chi connectivity index (χ3v) is 3.37. The van der Waals surface area contributed by atoms with Gasteiger partial charge >= 0.3 is 6.09 Å². The van der Waals surface area contributed by atoms with Crippen LogP contribution in [0.5, 0.6) is 0 Å². The fraction of sp³-hybridized carbons (Fsp3) is 0.421. The molecule has 0 bridgehead atoms. The Morgan fingerprint density at radius 1 is 1.21 bits per heavy atom. The van der Waals surface area contributed by atoms with Gasteiger partial charge in [-0.05, 0) is 39.8 Å². The molecule has 1 heterocycles. The Labute approximate surface area is 143 Å². The number of carbonyl (C=O) groups excluding carboxylic acids is 1. The molecule has 0 aliphatic heterocycles. The monoisotopic (exact) mass is 330 g/mol. The zero-order valence-electron chi connectivity index (χ0n) is 14.8. The molecule has 0 saturated heterocycles. The van der Waals surface area contributed by atoms with Crippen LogP contribution in [0.3, 0.4) is 0 Å². The van der Waals surface area contributed by atoms with E-state index in [0.29, 0.717) is 13.0 Å². The summed E-state index contributed by atoms with van der Waals surface area (Å²) in [6.45, 7) is 7.84. The number of nitrogens with two attached hydrogens (primary N) is 1. The first kappa shape index (κ1) is 18.1. The number of rotatable bonds is 5. The number of hydrogen-bond acceptors (Lipinski definition) is 4. The van der Waals surface area contributed by atoms with Crippen molar-refractivity contribution in [1.82, 2.24) is 5.32 Å². The second kappa shape index (κ2) is 7.53.